The molecule has 0 atom stereocenters. The number of ether oxygens (including phenoxy) is 1. The molecule has 0 radical (unpaired) electrons. The number of sulfonamides is 1. The Kier molecular flexibility index (Phi) is 6.01. The third-order valence-corrected chi connectivity index (χ3v) is 6.29. The van der Waals surface area contributed by atoms with Crippen LogP contribution in [0.1, 0.15) is 23.7 Å². The van der Waals surface area contributed by atoms with E-state index in [1.807, 2.05) is 30.3 Å². The number of hydrogen-bond donors (Lipinski definition) is 1. The molecule has 4 rings (SSSR count). The molecule has 0 spiro atoms. The highest BCUT2D eigenvalue weighted by Crippen LogP contribution is 2.35. The van der Waals surface area contributed by atoms with Gasteiger partial charge < -0.3 is 9.26 Å². The number of benzene rings is 2. The summed E-state index contributed by atoms with van der Waals surface area (Å²) in [5.41, 5.74) is 1.50. The largest absolute Gasteiger partial charge is 0.482 e. The van der Waals surface area contributed by atoms with Gasteiger partial charge >= 0.3 is 0 Å². The van der Waals surface area contributed by atoms with Crippen LogP contribution < -0.4 is 14.4 Å². The predicted molar refractivity (Wildman–Crippen MR) is 112 cm³/mol. The van der Waals surface area contributed by atoms with E-state index in [2.05, 4.69) is 14.9 Å². The van der Waals surface area contributed by atoms with Crippen molar-refractivity contribution in [3.05, 3.63) is 65.8 Å². The van der Waals surface area contributed by atoms with E-state index in [0.717, 1.165) is 12.0 Å². The van der Waals surface area contributed by atoms with Crippen LogP contribution in [0.3, 0.4) is 0 Å². The van der Waals surface area contributed by atoms with E-state index in [0.29, 0.717) is 36.1 Å². The van der Waals surface area contributed by atoms with Crippen LogP contribution in [0.4, 0.5) is 5.69 Å². The van der Waals surface area contributed by atoms with Crippen LogP contribution in [-0.2, 0) is 27.8 Å². The average Bonchev–Trinajstić information content (AvgIpc) is 3.18. The maximum absolute atomic E-state index is 12.8. The number of nitrogens with one attached hydrogen (secondary N) is 1. The number of carbonyl (C=O) groups is 1. The molecule has 0 unspecified atom stereocenters. The number of aromatic nitrogens is 2. The molecule has 2 heterocycles. The van der Waals surface area contributed by atoms with Crippen molar-refractivity contribution in [3.63, 3.8) is 0 Å². The number of carbonyl (C=O) groups excluding carboxylic acids is 1. The molecule has 10 heteroatoms. The summed E-state index contributed by atoms with van der Waals surface area (Å²) in [6, 6.07) is 14.3. The first kappa shape index (κ1) is 21.0. The molecule has 1 aliphatic rings. The third kappa shape index (κ3) is 4.92. The zero-order chi connectivity index (χ0) is 21.8. The van der Waals surface area contributed by atoms with Gasteiger partial charge in [-0.1, -0.05) is 35.5 Å². The smallest absolute Gasteiger partial charge is 0.265 e. The first-order valence-electron chi connectivity index (χ1n) is 9.82. The van der Waals surface area contributed by atoms with Gasteiger partial charge in [-0.15, -0.1) is 0 Å². The van der Waals surface area contributed by atoms with Crippen LogP contribution in [0.15, 0.2) is 57.9 Å². The fourth-order valence-corrected chi connectivity index (χ4v) is 4.39. The predicted octanol–water partition coefficient (Wildman–Crippen LogP) is 2.21. The van der Waals surface area contributed by atoms with Gasteiger partial charge in [-0.05, 0) is 36.6 Å². The number of rotatable bonds is 8. The molecule has 1 N–H and O–H groups in total. The summed E-state index contributed by atoms with van der Waals surface area (Å²) in [5.74, 6) is 0.807. The lowest BCUT2D eigenvalue weighted by Gasteiger charge is -2.28. The lowest BCUT2D eigenvalue weighted by Crippen LogP contribution is -2.38. The molecule has 1 aromatic heterocycles. The fourth-order valence-electron chi connectivity index (χ4n) is 3.30. The summed E-state index contributed by atoms with van der Waals surface area (Å²) in [6.45, 7) is 1.86. The van der Waals surface area contributed by atoms with Gasteiger partial charge in [-0.25, -0.2) is 13.1 Å². The van der Waals surface area contributed by atoms with E-state index in [9.17, 15) is 13.2 Å². The molecular formula is C21H22N4O5S. The van der Waals surface area contributed by atoms with Crippen LogP contribution in [0.5, 0.6) is 5.75 Å². The topological polar surface area (TPSA) is 115 Å². The standard InChI is InChI=1S/C21H22N4O5S/c1-15-23-20(24-30-15)13-25-18-12-17(9-10-19(18)29-14-21(25)26)31(27,28)22-11-5-8-16-6-3-2-4-7-16/h2-4,6-7,9-10,12,22H,5,8,11,13-14H2,1H3. The maximum atomic E-state index is 12.8. The molecular weight excluding hydrogens is 420 g/mol. The van der Waals surface area contributed by atoms with E-state index < -0.39 is 10.0 Å². The van der Waals surface area contributed by atoms with E-state index in [-0.39, 0.29) is 24.0 Å². The van der Waals surface area contributed by atoms with E-state index in [1.54, 1.807) is 13.0 Å². The lowest BCUT2D eigenvalue weighted by atomic mass is 10.1. The van der Waals surface area contributed by atoms with Crippen molar-refractivity contribution in [2.45, 2.75) is 31.2 Å². The van der Waals surface area contributed by atoms with Crippen molar-refractivity contribution < 1.29 is 22.5 Å². The van der Waals surface area contributed by atoms with Crippen molar-refractivity contribution in [2.75, 3.05) is 18.1 Å². The highest BCUT2D eigenvalue weighted by Gasteiger charge is 2.29. The van der Waals surface area contributed by atoms with Crippen LogP contribution in [0, 0.1) is 6.92 Å². The summed E-state index contributed by atoms with van der Waals surface area (Å²) in [7, 11) is -3.75. The monoisotopic (exact) mass is 442 g/mol. The van der Waals surface area contributed by atoms with Crippen LogP contribution >= 0.6 is 0 Å². The first-order chi connectivity index (χ1) is 14.9. The molecule has 0 aliphatic carbocycles. The molecule has 0 bridgehead atoms. The number of anilines is 1. The van der Waals surface area contributed by atoms with Crippen molar-refractivity contribution in [3.8, 4) is 5.75 Å². The quantitative estimate of drug-likeness (QED) is 0.532. The highest BCUT2D eigenvalue weighted by molar-refractivity contribution is 7.89. The fraction of sp³-hybridized carbons (Fsp3) is 0.286. The molecule has 0 saturated heterocycles. The lowest BCUT2D eigenvalue weighted by molar-refractivity contribution is -0.121. The molecule has 1 aliphatic heterocycles. The number of aryl methyl sites for hydroxylation is 2. The molecule has 9 nitrogen and oxygen atoms in total. The van der Waals surface area contributed by atoms with Gasteiger partial charge in [0.25, 0.3) is 5.91 Å². The molecule has 1 amide bonds. The minimum Gasteiger partial charge on any atom is -0.482 e. The number of hydrogen-bond acceptors (Lipinski definition) is 7. The van der Waals surface area contributed by atoms with Crippen LogP contribution in [-0.4, -0.2) is 37.6 Å². The van der Waals surface area contributed by atoms with Gasteiger partial charge in [0.1, 0.15) is 5.75 Å². The summed E-state index contributed by atoms with van der Waals surface area (Å²) in [5, 5.41) is 3.81. The molecule has 162 valence electrons. The minimum absolute atomic E-state index is 0.0542. The zero-order valence-electron chi connectivity index (χ0n) is 16.9. The van der Waals surface area contributed by atoms with Gasteiger partial charge in [0, 0.05) is 13.5 Å². The SMILES string of the molecule is Cc1nc(CN2C(=O)COc3ccc(S(=O)(=O)NCCCc4ccccc4)cc32)no1. The zero-order valence-corrected chi connectivity index (χ0v) is 17.8. The van der Waals surface area contributed by atoms with E-state index in [1.165, 1.54) is 17.0 Å². The van der Waals surface area contributed by atoms with E-state index in [4.69, 9.17) is 9.26 Å². The Labute approximate surface area is 180 Å². The number of nitrogens with zero attached hydrogens (tertiary/aromatic N) is 3. The van der Waals surface area contributed by atoms with Crippen molar-refractivity contribution in [1.29, 1.82) is 0 Å². The average molecular weight is 442 g/mol. The minimum atomic E-state index is -3.75. The molecule has 2 aromatic carbocycles. The highest BCUT2D eigenvalue weighted by atomic mass is 32.2. The van der Waals surface area contributed by atoms with Gasteiger partial charge in [0.2, 0.25) is 15.9 Å². The first-order valence-corrected chi connectivity index (χ1v) is 11.3. The van der Waals surface area contributed by atoms with Gasteiger partial charge in [0.15, 0.2) is 12.4 Å². The van der Waals surface area contributed by atoms with E-state index >= 15 is 0 Å². The summed E-state index contributed by atoms with van der Waals surface area (Å²) >= 11 is 0. The second kappa shape index (κ2) is 8.86. The number of amides is 1. The third-order valence-electron chi connectivity index (χ3n) is 4.83. The Morgan fingerprint density at radius 3 is 2.71 bits per heavy atom. The maximum Gasteiger partial charge on any atom is 0.265 e. The molecule has 3 aromatic rings. The van der Waals surface area contributed by atoms with Crippen LogP contribution in [0.25, 0.3) is 0 Å². The van der Waals surface area contributed by atoms with Crippen molar-refractivity contribution >= 4 is 21.6 Å². The van der Waals surface area contributed by atoms with Gasteiger partial charge in [-0.3, -0.25) is 9.69 Å². The summed E-state index contributed by atoms with van der Waals surface area (Å²) in [4.78, 5) is 18.0. The Bertz CT molecular complexity index is 1180. The Hall–Kier alpha value is -3.24. The molecule has 31 heavy (non-hydrogen) atoms. The van der Waals surface area contributed by atoms with Crippen LogP contribution in [0.2, 0.25) is 0 Å². The Morgan fingerprint density at radius 2 is 1.97 bits per heavy atom. The second-order valence-electron chi connectivity index (χ2n) is 7.11. The Balaban J connectivity index is 1.48. The van der Waals surface area contributed by atoms with Gasteiger partial charge in [-0.2, -0.15) is 4.98 Å². The van der Waals surface area contributed by atoms with Gasteiger partial charge in [0.05, 0.1) is 17.1 Å². The van der Waals surface area contributed by atoms with Crippen molar-refractivity contribution in [1.82, 2.24) is 14.9 Å². The summed E-state index contributed by atoms with van der Waals surface area (Å²) in [6.07, 6.45) is 1.44. The molecule has 0 fully saturated rings. The second-order valence-corrected chi connectivity index (χ2v) is 8.88. The van der Waals surface area contributed by atoms with Crippen molar-refractivity contribution in [2.24, 2.45) is 0 Å². The normalized spacial score (nSPS) is 13.7. The molecule has 0 saturated carbocycles. The number of fused-ring (bicyclic) bond motifs is 1. The summed E-state index contributed by atoms with van der Waals surface area (Å²) < 4.78 is 38.6. The Morgan fingerprint density at radius 1 is 1.16 bits per heavy atom.